The van der Waals surface area contributed by atoms with Crippen LogP contribution in [-0.2, 0) is 17.8 Å². The maximum atomic E-state index is 12.2. The van der Waals surface area contributed by atoms with Crippen molar-refractivity contribution in [3.63, 3.8) is 0 Å². The Morgan fingerprint density at radius 3 is 2.67 bits per heavy atom. The van der Waals surface area contributed by atoms with Gasteiger partial charge < -0.3 is 14.8 Å². The summed E-state index contributed by atoms with van der Waals surface area (Å²) in [5, 5.41) is 2.83. The summed E-state index contributed by atoms with van der Waals surface area (Å²) in [5.74, 6) is 1.18. The van der Waals surface area contributed by atoms with Gasteiger partial charge in [0.05, 0.1) is 5.69 Å². The van der Waals surface area contributed by atoms with Gasteiger partial charge in [-0.3, -0.25) is 9.78 Å². The van der Waals surface area contributed by atoms with Gasteiger partial charge in [0.25, 0.3) is 5.91 Å². The summed E-state index contributed by atoms with van der Waals surface area (Å²) in [5.41, 5.74) is 2.58. The van der Waals surface area contributed by atoms with Crippen molar-refractivity contribution < 1.29 is 14.3 Å². The van der Waals surface area contributed by atoms with Gasteiger partial charge in [-0.1, -0.05) is 37.3 Å². The summed E-state index contributed by atoms with van der Waals surface area (Å²) < 4.78 is 11.4. The molecule has 5 heteroatoms. The summed E-state index contributed by atoms with van der Waals surface area (Å²) in [6.45, 7) is 2.38. The van der Waals surface area contributed by atoms with Crippen LogP contribution < -0.4 is 14.8 Å². The maximum absolute atomic E-state index is 12.2. The summed E-state index contributed by atoms with van der Waals surface area (Å²) >= 11 is 0. The van der Waals surface area contributed by atoms with Crippen LogP contribution in [0, 0.1) is 0 Å². The minimum absolute atomic E-state index is 0.0456. The predicted octanol–water partition coefficient (Wildman–Crippen LogP) is 4.24. The first-order valence-electron chi connectivity index (χ1n) is 8.88. The van der Waals surface area contributed by atoms with E-state index in [4.69, 9.17) is 9.47 Å². The molecule has 27 heavy (non-hydrogen) atoms. The van der Waals surface area contributed by atoms with Crippen LogP contribution in [0.2, 0.25) is 0 Å². The molecular formula is C22H22N2O3. The number of carbonyl (C=O) groups excluding carboxylic acids is 1. The molecule has 0 atom stereocenters. The standard InChI is InChI=1S/C22H22N2O3/c1-2-17-8-3-4-12-21(17)27-16-22(25)24-18-10-7-11-20(14-18)26-15-19-9-5-6-13-23-19/h3-14H,2,15-16H2,1H3,(H,24,25). The van der Waals surface area contributed by atoms with Crippen LogP contribution in [0.15, 0.2) is 72.9 Å². The monoisotopic (exact) mass is 362 g/mol. The number of para-hydroxylation sites is 1. The summed E-state index contributed by atoms with van der Waals surface area (Å²) in [6.07, 6.45) is 2.58. The smallest absolute Gasteiger partial charge is 0.262 e. The molecule has 0 aliphatic heterocycles. The molecule has 3 aromatic rings. The molecule has 3 rings (SSSR count). The number of ether oxygens (including phenoxy) is 2. The van der Waals surface area contributed by atoms with Crippen LogP contribution in [0.3, 0.4) is 0 Å². The lowest BCUT2D eigenvalue weighted by molar-refractivity contribution is -0.118. The molecule has 0 aliphatic rings. The lowest BCUT2D eigenvalue weighted by Gasteiger charge is -2.11. The Kier molecular flexibility index (Phi) is 6.41. The van der Waals surface area contributed by atoms with Crippen molar-refractivity contribution in [3.05, 3.63) is 84.2 Å². The van der Waals surface area contributed by atoms with E-state index in [0.717, 1.165) is 23.4 Å². The Morgan fingerprint density at radius 2 is 1.85 bits per heavy atom. The number of aromatic nitrogens is 1. The van der Waals surface area contributed by atoms with Crippen LogP contribution in [0.5, 0.6) is 11.5 Å². The van der Waals surface area contributed by atoms with Crippen LogP contribution in [0.1, 0.15) is 18.2 Å². The lowest BCUT2D eigenvalue weighted by Crippen LogP contribution is -2.20. The number of aryl methyl sites for hydroxylation is 1. The minimum Gasteiger partial charge on any atom is -0.487 e. The van der Waals surface area contributed by atoms with Crippen molar-refractivity contribution >= 4 is 11.6 Å². The SMILES string of the molecule is CCc1ccccc1OCC(=O)Nc1cccc(OCc2ccccn2)c1. The largest absolute Gasteiger partial charge is 0.487 e. The Morgan fingerprint density at radius 1 is 1.00 bits per heavy atom. The van der Waals surface area contributed by atoms with Crippen LogP contribution in [0.25, 0.3) is 0 Å². The average molecular weight is 362 g/mol. The number of rotatable bonds is 8. The van der Waals surface area contributed by atoms with E-state index < -0.39 is 0 Å². The minimum atomic E-state index is -0.220. The molecule has 0 spiro atoms. The number of benzene rings is 2. The zero-order valence-electron chi connectivity index (χ0n) is 15.2. The van der Waals surface area contributed by atoms with Gasteiger partial charge in [-0.2, -0.15) is 0 Å². The number of carbonyl (C=O) groups is 1. The molecule has 0 fully saturated rings. The number of anilines is 1. The molecule has 0 aliphatic carbocycles. The Hall–Kier alpha value is -3.34. The molecule has 0 saturated carbocycles. The van der Waals surface area contributed by atoms with E-state index in [1.54, 1.807) is 12.3 Å². The third-order valence-electron chi connectivity index (χ3n) is 3.94. The highest BCUT2D eigenvalue weighted by Gasteiger charge is 2.07. The molecule has 0 unspecified atom stereocenters. The molecule has 1 aromatic heterocycles. The van der Waals surface area contributed by atoms with Crippen molar-refractivity contribution in [1.82, 2.24) is 4.98 Å². The topological polar surface area (TPSA) is 60.5 Å². The van der Waals surface area contributed by atoms with Gasteiger partial charge in [0.2, 0.25) is 0 Å². The predicted molar refractivity (Wildman–Crippen MR) is 105 cm³/mol. The first-order chi connectivity index (χ1) is 13.2. The van der Waals surface area contributed by atoms with Gasteiger partial charge in [0.15, 0.2) is 6.61 Å². The molecule has 1 heterocycles. The normalized spacial score (nSPS) is 10.3. The molecule has 0 bridgehead atoms. The van der Waals surface area contributed by atoms with Gasteiger partial charge in [-0.15, -0.1) is 0 Å². The van der Waals surface area contributed by atoms with Crippen molar-refractivity contribution in [2.45, 2.75) is 20.0 Å². The quantitative estimate of drug-likeness (QED) is 0.651. The number of nitrogens with one attached hydrogen (secondary N) is 1. The van der Waals surface area contributed by atoms with Gasteiger partial charge in [-0.05, 0) is 42.3 Å². The zero-order chi connectivity index (χ0) is 18.9. The number of nitrogens with zero attached hydrogens (tertiary/aromatic N) is 1. The van der Waals surface area contributed by atoms with Crippen molar-refractivity contribution in [1.29, 1.82) is 0 Å². The summed E-state index contributed by atoms with van der Waals surface area (Å²) in [6, 6.07) is 20.7. The third kappa shape index (κ3) is 5.57. The van der Waals surface area contributed by atoms with Crippen molar-refractivity contribution in [2.24, 2.45) is 0 Å². The number of amides is 1. The Balaban J connectivity index is 1.53. The van der Waals surface area contributed by atoms with Crippen molar-refractivity contribution in [3.8, 4) is 11.5 Å². The second kappa shape index (κ2) is 9.38. The first kappa shape index (κ1) is 18.5. The summed E-state index contributed by atoms with van der Waals surface area (Å²) in [7, 11) is 0. The highest BCUT2D eigenvalue weighted by atomic mass is 16.5. The van der Waals surface area contributed by atoms with E-state index in [1.807, 2.05) is 60.7 Å². The number of hydrogen-bond donors (Lipinski definition) is 1. The second-order valence-electron chi connectivity index (χ2n) is 5.94. The molecule has 138 valence electrons. The highest BCUT2D eigenvalue weighted by molar-refractivity contribution is 5.92. The maximum Gasteiger partial charge on any atom is 0.262 e. The van der Waals surface area contributed by atoms with E-state index in [2.05, 4.69) is 17.2 Å². The van der Waals surface area contributed by atoms with Crippen LogP contribution >= 0.6 is 0 Å². The van der Waals surface area contributed by atoms with E-state index in [0.29, 0.717) is 18.0 Å². The molecule has 1 N–H and O–H groups in total. The summed E-state index contributed by atoms with van der Waals surface area (Å²) in [4.78, 5) is 16.4. The van der Waals surface area contributed by atoms with E-state index in [-0.39, 0.29) is 12.5 Å². The van der Waals surface area contributed by atoms with Crippen LogP contribution in [-0.4, -0.2) is 17.5 Å². The third-order valence-corrected chi connectivity index (χ3v) is 3.94. The molecule has 5 nitrogen and oxygen atoms in total. The van der Waals surface area contributed by atoms with Gasteiger partial charge in [0, 0.05) is 18.0 Å². The second-order valence-corrected chi connectivity index (χ2v) is 5.94. The Labute approximate surface area is 159 Å². The van der Waals surface area contributed by atoms with Gasteiger partial charge in [-0.25, -0.2) is 0 Å². The fraction of sp³-hybridized carbons (Fsp3) is 0.182. The van der Waals surface area contributed by atoms with Gasteiger partial charge >= 0.3 is 0 Å². The Bertz CT molecular complexity index is 881. The van der Waals surface area contributed by atoms with Crippen LogP contribution in [0.4, 0.5) is 5.69 Å². The van der Waals surface area contributed by atoms with E-state index in [1.165, 1.54) is 0 Å². The van der Waals surface area contributed by atoms with E-state index >= 15 is 0 Å². The molecule has 0 saturated heterocycles. The highest BCUT2D eigenvalue weighted by Crippen LogP contribution is 2.20. The molecular weight excluding hydrogens is 340 g/mol. The fourth-order valence-electron chi connectivity index (χ4n) is 2.58. The van der Waals surface area contributed by atoms with Gasteiger partial charge in [0.1, 0.15) is 18.1 Å². The molecule has 1 amide bonds. The number of hydrogen-bond acceptors (Lipinski definition) is 4. The number of pyridine rings is 1. The molecule has 0 radical (unpaired) electrons. The average Bonchev–Trinajstić information content (AvgIpc) is 2.72. The lowest BCUT2D eigenvalue weighted by atomic mass is 10.1. The zero-order valence-corrected chi connectivity index (χ0v) is 15.2. The van der Waals surface area contributed by atoms with Crippen molar-refractivity contribution in [2.75, 3.05) is 11.9 Å². The fourth-order valence-corrected chi connectivity index (χ4v) is 2.58. The first-order valence-corrected chi connectivity index (χ1v) is 8.88. The van der Waals surface area contributed by atoms with E-state index in [9.17, 15) is 4.79 Å². The molecule has 2 aromatic carbocycles.